The Morgan fingerprint density at radius 3 is 2.51 bits per heavy atom. The summed E-state index contributed by atoms with van der Waals surface area (Å²) in [4.78, 5) is 20.4. The number of aromatic nitrogens is 4. The van der Waals surface area contributed by atoms with Crippen LogP contribution in [0.15, 0.2) is 36.8 Å². The van der Waals surface area contributed by atoms with Gasteiger partial charge in [-0.05, 0) is 37.8 Å². The molecule has 0 radical (unpaired) electrons. The zero-order valence-corrected chi connectivity index (χ0v) is 20.2. The van der Waals surface area contributed by atoms with E-state index in [0.717, 1.165) is 68.7 Å². The minimum absolute atomic E-state index is 0.332. The molecule has 186 valence electrons. The lowest BCUT2D eigenvalue weighted by molar-refractivity contribution is 0.122. The average Bonchev–Trinajstić information content (AvgIpc) is 2.91. The zero-order chi connectivity index (χ0) is 23.9. The van der Waals surface area contributed by atoms with Gasteiger partial charge >= 0.3 is 0 Å². The number of nitrogens with one attached hydrogen (secondary N) is 2. The molecule has 1 aliphatic heterocycles. The molecule has 0 spiro atoms. The number of methoxy groups -OCH3 is 1. The van der Waals surface area contributed by atoms with E-state index in [1.54, 1.807) is 31.8 Å². The van der Waals surface area contributed by atoms with E-state index in [1.807, 2.05) is 0 Å². The van der Waals surface area contributed by atoms with Gasteiger partial charge in [0.2, 0.25) is 11.8 Å². The van der Waals surface area contributed by atoms with Gasteiger partial charge < -0.3 is 29.7 Å². The van der Waals surface area contributed by atoms with Gasteiger partial charge in [0.15, 0.2) is 0 Å². The predicted octanol–water partition coefficient (Wildman–Crippen LogP) is 3.12. The highest BCUT2D eigenvalue weighted by Gasteiger charge is 2.23. The summed E-state index contributed by atoms with van der Waals surface area (Å²) >= 11 is 0. The lowest BCUT2D eigenvalue weighted by atomic mass is 9.91. The third-order valence-corrected chi connectivity index (χ3v) is 6.52. The van der Waals surface area contributed by atoms with Crippen molar-refractivity contribution in [2.45, 2.75) is 37.8 Å². The van der Waals surface area contributed by atoms with Gasteiger partial charge in [-0.3, -0.25) is 9.97 Å². The minimum Gasteiger partial charge on any atom is -0.475 e. The molecule has 2 N–H and O–H groups in total. The lowest BCUT2D eigenvalue weighted by Gasteiger charge is -2.32. The summed E-state index contributed by atoms with van der Waals surface area (Å²) in [5.41, 5.74) is 4.06. The van der Waals surface area contributed by atoms with Crippen LogP contribution in [-0.4, -0.2) is 78.6 Å². The Hall–Kier alpha value is -3.24. The molecule has 3 aromatic rings. The number of anilines is 3. The highest BCUT2D eigenvalue weighted by Crippen LogP contribution is 2.31. The molecular formula is C25H33N7O3. The number of rotatable bonds is 9. The van der Waals surface area contributed by atoms with Gasteiger partial charge in [-0.1, -0.05) is 0 Å². The fourth-order valence-electron chi connectivity index (χ4n) is 4.68. The highest BCUT2D eigenvalue weighted by atomic mass is 16.5. The smallest absolute Gasteiger partial charge is 0.226 e. The van der Waals surface area contributed by atoms with E-state index >= 15 is 0 Å². The fourth-order valence-corrected chi connectivity index (χ4v) is 4.68. The van der Waals surface area contributed by atoms with Gasteiger partial charge in [0.05, 0.1) is 31.0 Å². The monoisotopic (exact) mass is 479 g/mol. The molecule has 1 saturated carbocycles. The summed E-state index contributed by atoms with van der Waals surface area (Å²) in [6.45, 7) is 4.29. The number of benzene rings is 1. The SMILES string of the molecule is COCCOc1ccnc(N[C@H]2CC[C@@H](Nc3cc(N4CCOCC4)cc4nccnc34)CC2)n1. The van der Waals surface area contributed by atoms with E-state index < -0.39 is 0 Å². The molecule has 10 nitrogen and oxygen atoms in total. The molecule has 1 saturated heterocycles. The van der Waals surface area contributed by atoms with E-state index in [4.69, 9.17) is 14.2 Å². The largest absolute Gasteiger partial charge is 0.475 e. The highest BCUT2D eigenvalue weighted by molar-refractivity contribution is 5.91. The van der Waals surface area contributed by atoms with E-state index in [1.165, 1.54) is 5.69 Å². The molecule has 2 aromatic heterocycles. The van der Waals surface area contributed by atoms with Gasteiger partial charge in [0.25, 0.3) is 0 Å². The first-order chi connectivity index (χ1) is 17.3. The number of ether oxygens (including phenoxy) is 3. The van der Waals surface area contributed by atoms with Crippen LogP contribution < -0.4 is 20.3 Å². The first-order valence-electron chi connectivity index (χ1n) is 12.3. The predicted molar refractivity (Wildman–Crippen MR) is 135 cm³/mol. The molecule has 1 aliphatic carbocycles. The molecule has 2 fully saturated rings. The molecule has 0 bridgehead atoms. The first kappa shape index (κ1) is 23.5. The summed E-state index contributed by atoms with van der Waals surface area (Å²) < 4.78 is 16.2. The van der Waals surface area contributed by atoms with Crippen molar-refractivity contribution in [3.63, 3.8) is 0 Å². The molecule has 0 unspecified atom stereocenters. The Labute approximate surface area is 205 Å². The molecule has 3 heterocycles. The Bertz CT molecular complexity index is 1100. The zero-order valence-electron chi connectivity index (χ0n) is 20.2. The molecule has 0 amide bonds. The number of hydrogen-bond acceptors (Lipinski definition) is 10. The standard InChI is InChI=1S/C25H33N7O3/c1-33-14-15-35-23-6-7-28-25(31-23)30-19-4-2-18(3-5-19)29-22-17-20(32-10-12-34-13-11-32)16-21-24(22)27-9-8-26-21/h6-9,16-19,29H,2-5,10-15H2,1H3,(H,28,30,31)/t18-,19+. The summed E-state index contributed by atoms with van der Waals surface area (Å²) in [7, 11) is 1.65. The van der Waals surface area contributed by atoms with Crippen LogP contribution >= 0.6 is 0 Å². The van der Waals surface area contributed by atoms with E-state index in [2.05, 4.69) is 47.6 Å². The van der Waals surface area contributed by atoms with Crippen LogP contribution in [0.2, 0.25) is 0 Å². The van der Waals surface area contributed by atoms with Crippen molar-refractivity contribution in [1.29, 1.82) is 0 Å². The Balaban J connectivity index is 1.20. The Morgan fingerprint density at radius 1 is 0.943 bits per heavy atom. The normalized spacial score (nSPS) is 20.5. The topological polar surface area (TPSA) is 107 Å². The summed E-state index contributed by atoms with van der Waals surface area (Å²) in [5, 5.41) is 7.25. The van der Waals surface area contributed by atoms with Crippen molar-refractivity contribution >= 4 is 28.4 Å². The molecular weight excluding hydrogens is 446 g/mol. The van der Waals surface area contributed by atoms with Crippen LogP contribution in [0.4, 0.5) is 17.3 Å². The molecule has 10 heteroatoms. The summed E-state index contributed by atoms with van der Waals surface area (Å²) in [5.74, 6) is 1.17. The van der Waals surface area contributed by atoms with Gasteiger partial charge in [0, 0.05) is 62.6 Å². The van der Waals surface area contributed by atoms with Crippen LogP contribution in [0.1, 0.15) is 25.7 Å². The van der Waals surface area contributed by atoms with Crippen molar-refractivity contribution in [2.24, 2.45) is 0 Å². The molecule has 0 atom stereocenters. The van der Waals surface area contributed by atoms with Gasteiger partial charge in [-0.2, -0.15) is 4.98 Å². The second kappa shape index (κ2) is 11.5. The van der Waals surface area contributed by atoms with Crippen LogP contribution in [0.25, 0.3) is 11.0 Å². The number of morpholine rings is 1. The Morgan fingerprint density at radius 2 is 1.71 bits per heavy atom. The number of fused-ring (bicyclic) bond motifs is 1. The molecule has 35 heavy (non-hydrogen) atoms. The van der Waals surface area contributed by atoms with Gasteiger partial charge in [0.1, 0.15) is 12.1 Å². The van der Waals surface area contributed by atoms with E-state index in [0.29, 0.717) is 37.1 Å². The average molecular weight is 480 g/mol. The lowest BCUT2D eigenvalue weighted by Crippen LogP contribution is -2.36. The van der Waals surface area contributed by atoms with Crippen LogP contribution in [0.3, 0.4) is 0 Å². The number of hydrogen-bond donors (Lipinski definition) is 2. The maximum Gasteiger partial charge on any atom is 0.226 e. The fraction of sp³-hybridized carbons (Fsp3) is 0.520. The summed E-state index contributed by atoms with van der Waals surface area (Å²) in [6.07, 6.45) is 9.39. The third kappa shape index (κ3) is 6.07. The molecule has 1 aromatic carbocycles. The van der Waals surface area contributed by atoms with Gasteiger partial charge in [-0.15, -0.1) is 0 Å². The second-order valence-electron chi connectivity index (χ2n) is 8.91. The van der Waals surface area contributed by atoms with Crippen LogP contribution in [0.5, 0.6) is 5.88 Å². The first-order valence-corrected chi connectivity index (χ1v) is 12.3. The Kier molecular flexibility index (Phi) is 7.69. The molecule has 2 aliphatic rings. The minimum atomic E-state index is 0.332. The van der Waals surface area contributed by atoms with E-state index in [9.17, 15) is 0 Å². The van der Waals surface area contributed by atoms with Crippen molar-refractivity contribution in [3.8, 4) is 5.88 Å². The van der Waals surface area contributed by atoms with Gasteiger partial charge in [-0.25, -0.2) is 4.98 Å². The summed E-state index contributed by atoms with van der Waals surface area (Å²) in [6, 6.07) is 6.82. The quantitative estimate of drug-likeness (QED) is 0.445. The third-order valence-electron chi connectivity index (χ3n) is 6.52. The van der Waals surface area contributed by atoms with Crippen LogP contribution in [0, 0.1) is 0 Å². The van der Waals surface area contributed by atoms with Crippen molar-refractivity contribution in [1.82, 2.24) is 19.9 Å². The van der Waals surface area contributed by atoms with Crippen LogP contribution in [-0.2, 0) is 9.47 Å². The molecule has 5 rings (SSSR count). The maximum atomic E-state index is 5.60. The van der Waals surface area contributed by atoms with Crippen molar-refractivity contribution in [3.05, 3.63) is 36.8 Å². The number of nitrogens with zero attached hydrogens (tertiary/aromatic N) is 5. The second-order valence-corrected chi connectivity index (χ2v) is 8.91. The van der Waals surface area contributed by atoms with Crippen molar-refractivity contribution in [2.75, 3.05) is 62.2 Å². The van der Waals surface area contributed by atoms with E-state index in [-0.39, 0.29) is 0 Å². The maximum absolute atomic E-state index is 5.60. The van der Waals surface area contributed by atoms with Crippen molar-refractivity contribution < 1.29 is 14.2 Å².